The number of hydrogen-bond donors (Lipinski definition) is 3. The largest absolute Gasteiger partial charge is 0.494 e. The second-order valence-electron chi connectivity index (χ2n) is 5.84. The fourth-order valence-electron chi connectivity index (χ4n) is 2.81. The highest BCUT2D eigenvalue weighted by Gasteiger charge is 2.20. The Kier molecular flexibility index (Phi) is 6.99. The van der Waals surface area contributed by atoms with Crippen molar-refractivity contribution in [3.8, 4) is 5.75 Å². The minimum atomic E-state index is -0.212. The lowest BCUT2D eigenvalue weighted by Gasteiger charge is -2.26. The van der Waals surface area contributed by atoms with Crippen LogP contribution in [0.3, 0.4) is 0 Å². The van der Waals surface area contributed by atoms with E-state index in [0.29, 0.717) is 24.6 Å². The van der Waals surface area contributed by atoms with Gasteiger partial charge in [0.25, 0.3) is 0 Å². The van der Waals surface area contributed by atoms with Crippen molar-refractivity contribution in [1.82, 2.24) is 10.6 Å². The average Bonchev–Trinajstić information content (AvgIpc) is 2.52. The van der Waals surface area contributed by atoms with Gasteiger partial charge in [-0.3, -0.25) is 0 Å². The fraction of sp³-hybridized carbons (Fsp3) is 0.588. The zero-order chi connectivity index (χ0) is 16.7. The number of urea groups is 1. The number of aliphatic hydroxyl groups is 1. The van der Waals surface area contributed by atoms with Crippen molar-refractivity contribution in [2.24, 2.45) is 0 Å². The number of carbonyl (C=O) groups is 1. The van der Waals surface area contributed by atoms with Crippen molar-refractivity contribution in [3.05, 3.63) is 28.8 Å². The topological polar surface area (TPSA) is 70.6 Å². The van der Waals surface area contributed by atoms with Gasteiger partial charge < -0.3 is 20.5 Å². The Hall–Kier alpha value is -1.46. The molecule has 0 aliphatic heterocycles. The summed E-state index contributed by atoms with van der Waals surface area (Å²) in [5.74, 6) is 0.806. The van der Waals surface area contributed by atoms with Crippen LogP contribution in [0.25, 0.3) is 0 Å². The second-order valence-corrected chi connectivity index (χ2v) is 6.28. The molecule has 0 atom stereocenters. The molecule has 0 bridgehead atoms. The molecule has 0 aromatic heterocycles. The van der Waals surface area contributed by atoms with E-state index in [-0.39, 0.29) is 18.2 Å². The molecular formula is C17H25ClN2O3. The van der Waals surface area contributed by atoms with Gasteiger partial charge in [-0.05, 0) is 62.8 Å². The molecule has 0 radical (unpaired) electrons. The zero-order valence-corrected chi connectivity index (χ0v) is 14.2. The maximum Gasteiger partial charge on any atom is 0.315 e. The average molecular weight is 341 g/mol. The molecule has 0 saturated heterocycles. The first kappa shape index (κ1) is 17.9. The normalized spacial score (nSPS) is 20.8. The van der Waals surface area contributed by atoms with Gasteiger partial charge in [0.2, 0.25) is 0 Å². The Morgan fingerprint density at radius 2 is 2.09 bits per heavy atom. The summed E-state index contributed by atoms with van der Waals surface area (Å²) >= 11 is 6.02. The van der Waals surface area contributed by atoms with Crippen LogP contribution in [0.15, 0.2) is 18.2 Å². The molecule has 128 valence electrons. The Labute approximate surface area is 142 Å². The highest BCUT2D eigenvalue weighted by Crippen LogP contribution is 2.23. The molecule has 0 unspecified atom stereocenters. The lowest BCUT2D eigenvalue weighted by atomic mass is 9.93. The maximum absolute atomic E-state index is 11.9. The maximum atomic E-state index is 11.9. The molecule has 1 aliphatic carbocycles. The monoisotopic (exact) mass is 340 g/mol. The number of nitrogens with one attached hydrogen (secondary N) is 2. The van der Waals surface area contributed by atoms with E-state index in [1.807, 2.05) is 19.1 Å². The van der Waals surface area contributed by atoms with Gasteiger partial charge in [-0.2, -0.15) is 0 Å². The summed E-state index contributed by atoms with van der Waals surface area (Å²) in [6, 6.07) is 5.52. The summed E-state index contributed by atoms with van der Waals surface area (Å²) in [6.45, 7) is 3.04. The van der Waals surface area contributed by atoms with Crippen LogP contribution in [0.5, 0.6) is 5.75 Å². The van der Waals surface area contributed by atoms with E-state index < -0.39 is 0 Å². The number of hydrogen-bond acceptors (Lipinski definition) is 3. The predicted octanol–water partition coefficient (Wildman–Crippen LogP) is 2.88. The molecule has 0 spiro atoms. The first-order valence-electron chi connectivity index (χ1n) is 8.22. The van der Waals surface area contributed by atoms with Crippen LogP contribution in [-0.4, -0.2) is 36.4 Å². The van der Waals surface area contributed by atoms with Gasteiger partial charge in [0.15, 0.2) is 0 Å². The molecule has 5 nitrogen and oxygen atoms in total. The van der Waals surface area contributed by atoms with Gasteiger partial charge in [-0.25, -0.2) is 4.79 Å². The Balaban J connectivity index is 1.76. The van der Waals surface area contributed by atoms with E-state index in [4.69, 9.17) is 16.3 Å². The Morgan fingerprint density at radius 1 is 1.35 bits per heavy atom. The first-order chi connectivity index (χ1) is 11.1. The molecule has 2 rings (SSSR count). The molecular weight excluding hydrogens is 316 g/mol. The van der Waals surface area contributed by atoms with Crippen molar-refractivity contribution in [3.63, 3.8) is 0 Å². The van der Waals surface area contributed by atoms with E-state index in [1.54, 1.807) is 6.07 Å². The molecule has 1 aromatic carbocycles. The van der Waals surface area contributed by atoms with E-state index >= 15 is 0 Å². The van der Waals surface area contributed by atoms with E-state index in [0.717, 1.165) is 37.0 Å². The second kappa shape index (κ2) is 8.99. The number of carbonyl (C=O) groups excluding carboxylic acids is 1. The van der Waals surface area contributed by atoms with Crippen LogP contribution in [0, 0.1) is 0 Å². The minimum Gasteiger partial charge on any atom is -0.494 e. The molecule has 1 fully saturated rings. The number of benzene rings is 1. The third kappa shape index (κ3) is 5.92. The summed E-state index contributed by atoms with van der Waals surface area (Å²) in [5.41, 5.74) is 0.987. The van der Waals surface area contributed by atoms with Crippen LogP contribution in [0.2, 0.25) is 5.02 Å². The van der Waals surface area contributed by atoms with Crippen molar-refractivity contribution in [1.29, 1.82) is 0 Å². The highest BCUT2D eigenvalue weighted by molar-refractivity contribution is 6.30. The van der Waals surface area contributed by atoms with Crippen molar-refractivity contribution in [2.75, 3.05) is 13.2 Å². The van der Waals surface area contributed by atoms with Crippen LogP contribution in [0.4, 0.5) is 4.79 Å². The number of ether oxygens (including phenoxy) is 1. The van der Waals surface area contributed by atoms with Crippen LogP contribution >= 0.6 is 11.6 Å². The predicted molar refractivity (Wildman–Crippen MR) is 91.1 cm³/mol. The summed E-state index contributed by atoms with van der Waals surface area (Å²) in [6.07, 6.45) is 3.62. The Bertz CT molecular complexity index is 517. The molecule has 23 heavy (non-hydrogen) atoms. The molecule has 1 aliphatic rings. The molecule has 6 heteroatoms. The van der Waals surface area contributed by atoms with Crippen LogP contribution in [0.1, 0.15) is 38.2 Å². The number of aliphatic hydroxyl groups excluding tert-OH is 1. The standard InChI is InChI=1S/C17H25ClN2O3/c1-2-23-16-8-3-13(18)11-12(16)9-10-19-17(22)20-14-4-6-15(21)7-5-14/h3,8,11,14-15,21H,2,4-7,9-10H2,1H3,(H2,19,20,22). The lowest BCUT2D eigenvalue weighted by Crippen LogP contribution is -2.44. The first-order valence-corrected chi connectivity index (χ1v) is 8.60. The molecule has 1 saturated carbocycles. The van der Waals surface area contributed by atoms with Gasteiger partial charge in [-0.15, -0.1) is 0 Å². The molecule has 0 heterocycles. The summed E-state index contributed by atoms with van der Waals surface area (Å²) < 4.78 is 5.57. The summed E-state index contributed by atoms with van der Waals surface area (Å²) in [5, 5.41) is 16.0. The SMILES string of the molecule is CCOc1ccc(Cl)cc1CCNC(=O)NC1CCC(O)CC1. The van der Waals surface area contributed by atoms with Crippen molar-refractivity contribution in [2.45, 2.75) is 51.2 Å². The third-order valence-electron chi connectivity index (χ3n) is 4.03. The van der Waals surface area contributed by atoms with E-state index in [2.05, 4.69) is 10.6 Å². The molecule has 1 aromatic rings. The van der Waals surface area contributed by atoms with Crippen molar-refractivity contribution >= 4 is 17.6 Å². The van der Waals surface area contributed by atoms with Gasteiger partial charge >= 0.3 is 6.03 Å². The van der Waals surface area contributed by atoms with E-state index in [1.165, 1.54) is 0 Å². The molecule has 3 N–H and O–H groups in total. The van der Waals surface area contributed by atoms with Gasteiger partial charge in [0.1, 0.15) is 5.75 Å². The van der Waals surface area contributed by atoms with Crippen LogP contribution < -0.4 is 15.4 Å². The van der Waals surface area contributed by atoms with Gasteiger partial charge in [-0.1, -0.05) is 11.6 Å². The number of rotatable bonds is 6. The number of amides is 2. The molecule has 2 amide bonds. The quantitative estimate of drug-likeness (QED) is 0.745. The lowest BCUT2D eigenvalue weighted by molar-refractivity contribution is 0.117. The third-order valence-corrected chi connectivity index (χ3v) is 4.27. The van der Waals surface area contributed by atoms with E-state index in [9.17, 15) is 9.90 Å². The summed E-state index contributed by atoms with van der Waals surface area (Å²) in [4.78, 5) is 11.9. The van der Waals surface area contributed by atoms with Gasteiger partial charge in [0, 0.05) is 17.6 Å². The smallest absolute Gasteiger partial charge is 0.315 e. The minimum absolute atomic E-state index is 0.156. The summed E-state index contributed by atoms with van der Waals surface area (Å²) in [7, 11) is 0. The highest BCUT2D eigenvalue weighted by atomic mass is 35.5. The van der Waals surface area contributed by atoms with Crippen LogP contribution in [-0.2, 0) is 6.42 Å². The fourth-order valence-corrected chi connectivity index (χ4v) is 3.00. The number of halogens is 1. The zero-order valence-electron chi connectivity index (χ0n) is 13.5. The van der Waals surface area contributed by atoms with Crippen molar-refractivity contribution < 1.29 is 14.6 Å². The Morgan fingerprint density at radius 3 is 2.78 bits per heavy atom. The van der Waals surface area contributed by atoms with Gasteiger partial charge in [0.05, 0.1) is 12.7 Å².